The molecule has 0 unspecified atom stereocenters. The quantitative estimate of drug-likeness (QED) is 0.831. The number of H-pyrrole nitrogens is 1. The lowest BCUT2D eigenvalue weighted by molar-refractivity contribution is -0.0390. The number of hydrogen-bond acceptors (Lipinski definition) is 4. The van der Waals surface area contributed by atoms with E-state index in [0.717, 1.165) is 56.6 Å². The Labute approximate surface area is 124 Å². The molecule has 1 aromatic rings. The molecule has 0 bridgehead atoms. The van der Waals surface area contributed by atoms with Crippen LogP contribution in [0.1, 0.15) is 41.5 Å². The molecule has 114 valence electrons. The summed E-state index contributed by atoms with van der Waals surface area (Å²) in [4.78, 5) is 14.9. The SMILES string of the molecule is C[C@H]1CN2C[C@@H](NC(=O)c3n[nH]c4c3CCC4)C[C@H]2CO1. The third-order valence-corrected chi connectivity index (χ3v) is 4.95. The van der Waals surface area contributed by atoms with E-state index in [1.165, 1.54) is 0 Å². The molecule has 1 aromatic heterocycles. The van der Waals surface area contributed by atoms with Gasteiger partial charge in [-0.05, 0) is 32.6 Å². The molecule has 3 heterocycles. The van der Waals surface area contributed by atoms with Crippen molar-refractivity contribution in [2.24, 2.45) is 0 Å². The van der Waals surface area contributed by atoms with Crippen molar-refractivity contribution in [3.05, 3.63) is 17.0 Å². The molecule has 6 heteroatoms. The van der Waals surface area contributed by atoms with Gasteiger partial charge < -0.3 is 10.1 Å². The lowest BCUT2D eigenvalue weighted by Gasteiger charge is -2.33. The fourth-order valence-electron chi connectivity index (χ4n) is 3.90. The summed E-state index contributed by atoms with van der Waals surface area (Å²) in [5.74, 6) is -0.0202. The molecule has 0 saturated carbocycles. The highest BCUT2D eigenvalue weighted by Crippen LogP contribution is 2.25. The Morgan fingerprint density at radius 2 is 2.33 bits per heavy atom. The van der Waals surface area contributed by atoms with Crippen molar-refractivity contribution in [3.8, 4) is 0 Å². The normalized spacial score (nSPS) is 32.0. The zero-order valence-corrected chi connectivity index (χ0v) is 12.4. The monoisotopic (exact) mass is 290 g/mol. The van der Waals surface area contributed by atoms with Crippen LogP contribution in [0.25, 0.3) is 0 Å². The van der Waals surface area contributed by atoms with Gasteiger partial charge in [0.05, 0.1) is 12.7 Å². The number of nitrogens with one attached hydrogen (secondary N) is 2. The molecule has 3 atom stereocenters. The van der Waals surface area contributed by atoms with Crippen LogP contribution in [0, 0.1) is 0 Å². The number of morpholine rings is 1. The lowest BCUT2D eigenvalue weighted by Crippen LogP contribution is -2.45. The zero-order valence-electron chi connectivity index (χ0n) is 12.4. The molecule has 2 aliphatic heterocycles. The maximum absolute atomic E-state index is 12.4. The minimum absolute atomic E-state index is 0.0202. The Balaban J connectivity index is 1.41. The van der Waals surface area contributed by atoms with Crippen LogP contribution in [0.5, 0.6) is 0 Å². The summed E-state index contributed by atoms with van der Waals surface area (Å²) in [7, 11) is 0. The molecule has 6 nitrogen and oxygen atoms in total. The summed E-state index contributed by atoms with van der Waals surface area (Å²) >= 11 is 0. The molecule has 21 heavy (non-hydrogen) atoms. The first-order chi connectivity index (χ1) is 10.2. The molecule has 0 aromatic carbocycles. The summed E-state index contributed by atoms with van der Waals surface area (Å²) < 4.78 is 5.71. The Kier molecular flexibility index (Phi) is 3.23. The van der Waals surface area contributed by atoms with Gasteiger partial charge in [0.15, 0.2) is 5.69 Å². The van der Waals surface area contributed by atoms with Crippen molar-refractivity contribution in [3.63, 3.8) is 0 Å². The number of hydrogen-bond donors (Lipinski definition) is 2. The molecular weight excluding hydrogens is 268 g/mol. The van der Waals surface area contributed by atoms with Gasteiger partial charge in [0.2, 0.25) is 0 Å². The fraction of sp³-hybridized carbons (Fsp3) is 0.733. The van der Waals surface area contributed by atoms with E-state index in [2.05, 4.69) is 27.3 Å². The van der Waals surface area contributed by atoms with Gasteiger partial charge in [-0.1, -0.05) is 0 Å². The summed E-state index contributed by atoms with van der Waals surface area (Å²) in [5.41, 5.74) is 2.88. The molecule has 0 radical (unpaired) electrons. The Morgan fingerprint density at radius 3 is 3.24 bits per heavy atom. The Morgan fingerprint density at radius 1 is 1.43 bits per heavy atom. The van der Waals surface area contributed by atoms with Crippen molar-refractivity contribution in [2.75, 3.05) is 19.7 Å². The highest BCUT2D eigenvalue weighted by atomic mass is 16.5. The number of fused-ring (bicyclic) bond motifs is 2. The van der Waals surface area contributed by atoms with Crippen molar-refractivity contribution in [2.45, 2.75) is 50.8 Å². The molecule has 1 amide bonds. The van der Waals surface area contributed by atoms with Crippen LogP contribution in [-0.2, 0) is 17.6 Å². The van der Waals surface area contributed by atoms with Gasteiger partial charge in [-0.2, -0.15) is 5.10 Å². The van der Waals surface area contributed by atoms with Gasteiger partial charge in [-0.3, -0.25) is 14.8 Å². The smallest absolute Gasteiger partial charge is 0.272 e. The molecule has 1 aliphatic carbocycles. The van der Waals surface area contributed by atoms with E-state index in [-0.39, 0.29) is 11.9 Å². The Hall–Kier alpha value is -1.40. The first-order valence-corrected chi connectivity index (χ1v) is 7.93. The zero-order chi connectivity index (χ0) is 14.4. The van der Waals surface area contributed by atoms with E-state index in [4.69, 9.17) is 4.74 Å². The van der Waals surface area contributed by atoms with Crippen LogP contribution in [0.2, 0.25) is 0 Å². The van der Waals surface area contributed by atoms with Gasteiger partial charge in [-0.25, -0.2) is 0 Å². The van der Waals surface area contributed by atoms with Gasteiger partial charge in [0.25, 0.3) is 5.91 Å². The maximum atomic E-state index is 12.4. The number of rotatable bonds is 2. The summed E-state index contributed by atoms with van der Waals surface area (Å²) in [6.07, 6.45) is 4.39. The number of ether oxygens (including phenoxy) is 1. The number of nitrogens with zero attached hydrogens (tertiary/aromatic N) is 2. The van der Waals surface area contributed by atoms with Gasteiger partial charge in [-0.15, -0.1) is 0 Å². The third kappa shape index (κ3) is 2.36. The van der Waals surface area contributed by atoms with E-state index < -0.39 is 0 Å². The average Bonchev–Trinajstić information content (AvgIpc) is 3.10. The topological polar surface area (TPSA) is 70.2 Å². The van der Waals surface area contributed by atoms with Crippen LogP contribution in [0.3, 0.4) is 0 Å². The van der Waals surface area contributed by atoms with E-state index in [1.807, 2.05) is 0 Å². The number of amides is 1. The number of aromatic nitrogens is 2. The minimum atomic E-state index is -0.0202. The van der Waals surface area contributed by atoms with E-state index >= 15 is 0 Å². The first kappa shape index (κ1) is 13.3. The summed E-state index contributed by atoms with van der Waals surface area (Å²) in [5, 5.41) is 10.4. The molecule has 4 rings (SSSR count). The maximum Gasteiger partial charge on any atom is 0.272 e. The van der Waals surface area contributed by atoms with Crippen LogP contribution >= 0.6 is 0 Å². The van der Waals surface area contributed by atoms with Gasteiger partial charge in [0, 0.05) is 36.4 Å². The molecular formula is C15H22N4O2. The van der Waals surface area contributed by atoms with Crippen LogP contribution < -0.4 is 5.32 Å². The second kappa shape index (κ2) is 5.10. The lowest BCUT2D eigenvalue weighted by atomic mass is 10.1. The molecule has 3 aliphatic rings. The first-order valence-electron chi connectivity index (χ1n) is 7.93. The average molecular weight is 290 g/mol. The number of aromatic amines is 1. The highest BCUT2D eigenvalue weighted by Gasteiger charge is 2.37. The second-order valence-electron chi connectivity index (χ2n) is 6.54. The predicted octanol–water partition coefficient (Wildman–Crippen LogP) is 0.490. The largest absolute Gasteiger partial charge is 0.376 e. The van der Waals surface area contributed by atoms with Gasteiger partial charge >= 0.3 is 0 Å². The van der Waals surface area contributed by atoms with E-state index in [9.17, 15) is 4.79 Å². The number of aryl methyl sites for hydroxylation is 1. The molecule has 2 fully saturated rings. The van der Waals surface area contributed by atoms with Gasteiger partial charge in [0.1, 0.15) is 0 Å². The van der Waals surface area contributed by atoms with Crippen LogP contribution in [0.4, 0.5) is 0 Å². The van der Waals surface area contributed by atoms with E-state index in [1.54, 1.807) is 0 Å². The Bertz CT molecular complexity index is 556. The fourth-order valence-corrected chi connectivity index (χ4v) is 3.90. The second-order valence-corrected chi connectivity index (χ2v) is 6.54. The molecule has 2 saturated heterocycles. The third-order valence-electron chi connectivity index (χ3n) is 4.95. The van der Waals surface area contributed by atoms with E-state index in [0.29, 0.717) is 17.8 Å². The molecule has 0 spiro atoms. The van der Waals surface area contributed by atoms with Crippen LogP contribution in [-0.4, -0.2) is 58.9 Å². The highest BCUT2D eigenvalue weighted by molar-refractivity contribution is 5.94. The molecule has 2 N–H and O–H groups in total. The summed E-state index contributed by atoms with van der Waals surface area (Å²) in [6, 6.07) is 0.668. The number of carbonyl (C=O) groups is 1. The van der Waals surface area contributed by atoms with Crippen molar-refractivity contribution in [1.82, 2.24) is 20.4 Å². The summed E-state index contributed by atoms with van der Waals surface area (Å²) in [6.45, 7) is 4.78. The van der Waals surface area contributed by atoms with Crippen molar-refractivity contribution >= 4 is 5.91 Å². The minimum Gasteiger partial charge on any atom is -0.376 e. The predicted molar refractivity (Wildman–Crippen MR) is 77.3 cm³/mol. The van der Waals surface area contributed by atoms with Crippen molar-refractivity contribution in [1.29, 1.82) is 0 Å². The number of carbonyl (C=O) groups excluding carboxylic acids is 1. The standard InChI is InChI=1S/C15H22N4O2/c1-9-6-19-7-10(5-11(19)8-21-9)16-15(20)14-12-3-2-4-13(12)17-18-14/h9-11H,2-8H2,1H3,(H,16,20)(H,17,18)/t9-,10-,11-/m0/s1. The van der Waals surface area contributed by atoms with Crippen LogP contribution in [0.15, 0.2) is 0 Å². The van der Waals surface area contributed by atoms with Crippen molar-refractivity contribution < 1.29 is 9.53 Å².